The van der Waals surface area contributed by atoms with Gasteiger partial charge in [0.25, 0.3) is 0 Å². The first-order valence-corrected chi connectivity index (χ1v) is 6.40. The monoisotopic (exact) mass is 256 g/mol. The summed E-state index contributed by atoms with van der Waals surface area (Å²) >= 11 is 0. The van der Waals surface area contributed by atoms with Crippen molar-refractivity contribution in [2.75, 3.05) is 13.6 Å². The van der Waals surface area contributed by atoms with Crippen molar-refractivity contribution in [3.8, 4) is 0 Å². The van der Waals surface area contributed by atoms with Gasteiger partial charge in [-0.25, -0.2) is 8.78 Å². The molecule has 18 heavy (non-hydrogen) atoms. The summed E-state index contributed by atoms with van der Waals surface area (Å²) in [5.74, 6) is -0.895. The molecule has 1 unspecified atom stereocenters. The highest BCUT2D eigenvalue weighted by molar-refractivity contribution is 5.22. The normalized spacial score (nSPS) is 13.3. The molecule has 2 nitrogen and oxygen atoms in total. The van der Waals surface area contributed by atoms with E-state index < -0.39 is 17.7 Å². The third kappa shape index (κ3) is 3.75. The quantitative estimate of drug-likeness (QED) is 0.847. The van der Waals surface area contributed by atoms with Crippen LogP contribution in [0.4, 0.5) is 8.78 Å². The first-order chi connectivity index (χ1) is 8.49. The molecule has 0 aliphatic heterocycles. The van der Waals surface area contributed by atoms with Crippen molar-refractivity contribution in [2.24, 2.45) is 5.73 Å². The minimum Gasteiger partial charge on any atom is -0.323 e. The van der Waals surface area contributed by atoms with Crippen LogP contribution < -0.4 is 5.73 Å². The van der Waals surface area contributed by atoms with Crippen molar-refractivity contribution in [3.63, 3.8) is 0 Å². The Morgan fingerprint density at radius 3 is 2.39 bits per heavy atom. The van der Waals surface area contributed by atoms with E-state index in [1.807, 2.05) is 7.05 Å². The van der Waals surface area contributed by atoms with Gasteiger partial charge in [-0.2, -0.15) is 0 Å². The molecular weight excluding hydrogens is 234 g/mol. The Bertz CT molecular complexity index is 378. The van der Waals surface area contributed by atoms with Gasteiger partial charge in [0, 0.05) is 24.2 Å². The van der Waals surface area contributed by atoms with Crippen LogP contribution in [0, 0.1) is 11.6 Å². The molecule has 102 valence electrons. The fraction of sp³-hybridized carbons (Fsp3) is 0.571. The highest BCUT2D eigenvalue weighted by Crippen LogP contribution is 2.18. The molecule has 0 saturated heterocycles. The van der Waals surface area contributed by atoms with E-state index in [1.54, 1.807) is 0 Å². The smallest absolute Gasteiger partial charge is 0.128 e. The summed E-state index contributed by atoms with van der Waals surface area (Å²) in [4.78, 5) is 2.11. The molecule has 0 fully saturated rings. The van der Waals surface area contributed by atoms with Crippen LogP contribution in [-0.2, 0) is 0 Å². The Hall–Kier alpha value is -1.00. The van der Waals surface area contributed by atoms with E-state index in [0.717, 1.165) is 25.0 Å². The third-order valence-corrected chi connectivity index (χ3v) is 3.41. The SMILES string of the molecule is CCC(CC)N(C)CC(N)c1cc(F)ccc1F. The van der Waals surface area contributed by atoms with Gasteiger partial charge >= 0.3 is 0 Å². The number of hydrogen-bond donors (Lipinski definition) is 1. The second kappa shape index (κ2) is 6.81. The van der Waals surface area contributed by atoms with Gasteiger partial charge in [-0.15, -0.1) is 0 Å². The Morgan fingerprint density at radius 1 is 1.22 bits per heavy atom. The van der Waals surface area contributed by atoms with Crippen LogP contribution in [0.1, 0.15) is 38.3 Å². The maximum absolute atomic E-state index is 13.6. The number of rotatable bonds is 6. The second-order valence-corrected chi connectivity index (χ2v) is 4.68. The molecule has 2 N–H and O–H groups in total. The molecule has 0 spiro atoms. The Morgan fingerprint density at radius 2 is 1.83 bits per heavy atom. The highest BCUT2D eigenvalue weighted by atomic mass is 19.1. The van der Waals surface area contributed by atoms with E-state index in [9.17, 15) is 8.78 Å². The Kier molecular flexibility index (Phi) is 5.69. The van der Waals surface area contributed by atoms with Gasteiger partial charge in [0.1, 0.15) is 11.6 Å². The van der Waals surface area contributed by atoms with Crippen LogP contribution in [0.15, 0.2) is 18.2 Å². The predicted octanol–water partition coefficient (Wildman–Crippen LogP) is 3.09. The van der Waals surface area contributed by atoms with Crippen LogP contribution in [0.5, 0.6) is 0 Å². The van der Waals surface area contributed by atoms with E-state index in [4.69, 9.17) is 5.73 Å². The fourth-order valence-corrected chi connectivity index (χ4v) is 2.27. The number of benzene rings is 1. The summed E-state index contributed by atoms with van der Waals surface area (Å²) in [6, 6.07) is 3.33. The van der Waals surface area contributed by atoms with Gasteiger partial charge in [-0.05, 0) is 38.1 Å². The number of halogens is 2. The molecule has 1 atom stereocenters. The predicted molar refractivity (Wildman–Crippen MR) is 70.3 cm³/mol. The molecule has 0 saturated carbocycles. The first kappa shape index (κ1) is 15.1. The summed E-state index contributed by atoms with van der Waals surface area (Å²) in [7, 11) is 1.97. The Labute approximate surface area is 108 Å². The van der Waals surface area contributed by atoms with Gasteiger partial charge in [-0.1, -0.05) is 13.8 Å². The summed E-state index contributed by atoms with van der Waals surface area (Å²) < 4.78 is 26.7. The third-order valence-electron chi connectivity index (χ3n) is 3.41. The molecule has 0 heterocycles. The van der Waals surface area contributed by atoms with Gasteiger partial charge < -0.3 is 10.6 Å². The van der Waals surface area contributed by atoms with Crippen molar-refractivity contribution in [3.05, 3.63) is 35.4 Å². The molecule has 1 aromatic rings. The van der Waals surface area contributed by atoms with Gasteiger partial charge in [0.15, 0.2) is 0 Å². The van der Waals surface area contributed by atoms with Crippen LogP contribution in [0.3, 0.4) is 0 Å². The van der Waals surface area contributed by atoms with Crippen LogP contribution in [0.25, 0.3) is 0 Å². The van der Waals surface area contributed by atoms with Gasteiger partial charge in [0.05, 0.1) is 0 Å². The zero-order chi connectivity index (χ0) is 13.7. The van der Waals surface area contributed by atoms with E-state index in [1.165, 1.54) is 6.07 Å². The van der Waals surface area contributed by atoms with Gasteiger partial charge in [0.2, 0.25) is 0 Å². The van der Waals surface area contributed by atoms with E-state index in [2.05, 4.69) is 18.7 Å². The topological polar surface area (TPSA) is 29.3 Å². The van der Waals surface area contributed by atoms with E-state index in [-0.39, 0.29) is 5.56 Å². The molecular formula is C14H22F2N2. The maximum atomic E-state index is 13.6. The van der Waals surface area contributed by atoms with Crippen molar-refractivity contribution < 1.29 is 8.78 Å². The Balaban J connectivity index is 2.75. The van der Waals surface area contributed by atoms with Crippen molar-refractivity contribution in [1.82, 2.24) is 4.90 Å². The molecule has 1 aromatic carbocycles. The fourth-order valence-electron chi connectivity index (χ4n) is 2.27. The average Bonchev–Trinajstić information content (AvgIpc) is 2.33. The maximum Gasteiger partial charge on any atom is 0.128 e. The van der Waals surface area contributed by atoms with Gasteiger partial charge in [-0.3, -0.25) is 0 Å². The van der Waals surface area contributed by atoms with Crippen molar-refractivity contribution in [2.45, 2.75) is 38.8 Å². The summed E-state index contributed by atoms with van der Waals surface area (Å²) in [6.45, 7) is 4.74. The summed E-state index contributed by atoms with van der Waals surface area (Å²) in [5.41, 5.74) is 6.21. The average molecular weight is 256 g/mol. The highest BCUT2D eigenvalue weighted by Gasteiger charge is 2.18. The van der Waals surface area contributed by atoms with Crippen LogP contribution in [-0.4, -0.2) is 24.5 Å². The minimum absolute atomic E-state index is 0.243. The lowest BCUT2D eigenvalue weighted by molar-refractivity contribution is 0.216. The summed E-state index contributed by atoms with van der Waals surface area (Å²) in [6.07, 6.45) is 2.04. The lowest BCUT2D eigenvalue weighted by Crippen LogP contribution is -2.36. The standard InChI is InChI=1S/C14H22F2N2/c1-4-11(5-2)18(3)9-14(17)12-8-10(15)6-7-13(12)16/h6-8,11,14H,4-5,9,17H2,1-3H3. The zero-order valence-electron chi connectivity index (χ0n) is 11.3. The first-order valence-electron chi connectivity index (χ1n) is 6.40. The zero-order valence-corrected chi connectivity index (χ0v) is 11.3. The molecule has 1 rings (SSSR count). The molecule has 0 aromatic heterocycles. The molecule has 0 amide bonds. The molecule has 0 radical (unpaired) electrons. The molecule has 4 heteroatoms. The number of likely N-dealkylation sites (N-methyl/N-ethyl adjacent to an activating group) is 1. The van der Waals surface area contributed by atoms with Crippen LogP contribution in [0.2, 0.25) is 0 Å². The van der Waals surface area contributed by atoms with E-state index >= 15 is 0 Å². The van der Waals surface area contributed by atoms with Crippen molar-refractivity contribution >= 4 is 0 Å². The number of nitrogens with zero attached hydrogens (tertiary/aromatic N) is 1. The lowest BCUT2D eigenvalue weighted by Gasteiger charge is -2.28. The number of nitrogens with two attached hydrogens (primary N) is 1. The summed E-state index contributed by atoms with van der Waals surface area (Å²) in [5, 5.41) is 0. The second-order valence-electron chi connectivity index (χ2n) is 4.68. The largest absolute Gasteiger partial charge is 0.323 e. The lowest BCUT2D eigenvalue weighted by atomic mass is 10.0. The number of hydrogen-bond acceptors (Lipinski definition) is 2. The van der Waals surface area contributed by atoms with Crippen molar-refractivity contribution in [1.29, 1.82) is 0 Å². The molecule has 0 aliphatic carbocycles. The molecule has 0 aliphatic rings. The van der Waals surface area contributed by atoms with Crippen LogP contribution >= 0.6 is 0 Å². The molecule has 0 bridgehead atoms. The minimum atomic E-state index is -0.508. The van der Waals surface area contributed by atoms with E-state index in [0.29, 0.717) is 12.6 Å².